The molecule has 1 heterocycles. The Hall–Kier alpha value is -2.58. The first-order valence-corrected chi connectivity index (χ1v) is 11.8. The van der Waals surface area contributed by atoms with Crippen LogP contribution < -0.4 is 8.92 Å². The highest BCUT2D eigenvalue weighted by atomic mass is 32.2. The Morgan fingerprint density at radius 2 is 1.87 bits per heavy atom. The molecule has 0 saturated carbocycles. The molecule has 1 saturated heterocycles. The van der Waals surface area contributed by atoms with E-state index in [4.69, 9.17) is 13.7 Å². The van der Waals surface area contributed by atoms with Crippen LogP contribution in [-0.4, -0.2) is 45.6 Å². The summed E-state index contributed by atoms with van der Waals surface area (Å²) in [6, 6.07) is 12.9. The maximum Gasteiger partial charge on any atom is 0.339 e. The predicted molar refractivity (Wildman–Crippen MR) is 116 cm³/mol. The number of ether oxygens (including phenoxy) is 2. The van der Waals surface area contributed by atoms with E-state index in [0.29, 0.717) is 24.5 Å². The molecule has 0 aromatic heterocycles. The third-order valence-corrected chi connectivity index (χ3v) is 6.38. The van der Waals surface area contributed by atoms with E-state index in [2.05, 4.69) is 0 Å². The number of carbonyl (C=O) groups is 1. The molecule has 7 nitrogen and oxygen atoms in total. The number of amides is 1. The number of hydrogen-bond acceptors (Lipinski definition) is 6. The summed E-state index contributed by atoms with van der Waals surface area (Å²) < 4.78 is 41.8. The number of hydrogen-bond donors (Lipinski definition) is 0. The van der Waals surface area contributed by atoms with E-state index in [1.165, 1.54) is 19.2 Å². The Morgan fingerprint density at radius 1 is 1.16 bits per heavy atom. The molecule has 1 amide bonds. The molecule has 168 valence electrons. The summed E-state index contributed by atoms with van der Waals surface area (Å²) in [6.45, 7) is 5.11. The molecule has 1 atom stereocenters. The van der Waals surface area contributed by atoms with E-state index >= 15 is 0 Å². The van der Waals surface area contributed by atoms with E-state index < -0.39 is 10.1 Å². The normalized spacial score (nSPS) is 16.3. The van der Waals surface area contributed by atoms with Crippen molar-refractivity contribution in [3.8, 4) is 11.5 Å². The Balaban J connectivity index is 1.82. The molecule has 2 aromatic rings. The standard InChI is InChI=1S/C23H29NO6S/c1-17(2)23(25)24(16-20-8-6-14-29-20)15-18-7-4-5-9-22(18)30-31(26,27)21-12-10-19(28-3)11-13-21/h4-5,7,9-13,17,20H,6,8,14-16H2,1-3H3/t20-/m1/s1. The fourth-order valence-electron chi connectivity index (χ4n) is 3.46. The lowest BCUT2D eigenvalue weighted by Gasteiger charge is -2.28. The van der Waals surface area contributed by atoms with Crippen molar-refractivity contribution in [1.29, 1.82) is 0 Å². The zero-order valence-corrected chi connectivity index (χ0v) is 18.9. The van der Waals surface area contributed by atoms with Crippen LogP contribution in [0.5, 0.6) is 11.5 Å². The molecule has 0 spiro atoms. The second-order valence-corrected chi connectivity index (χ2v) is 9.38. The van der Waals surface area contributed by atoms with Crippen LogP contribution in [0.15, 0.2) is 53.4 Å². The largest absolute Gasteiger partial charge is 0.497 e. The minimum absolute atomic E-state index is 0.00110. The SMILES string of the molecule is COc1ccc(S(=O)(=O)Oc2ccccc2CN(C[C@H]2CCCO2)C(=O)C(C)C)cc1. The summed E-state index contributed by atoms with van der Waals surface area (Å²) in [6.07, 6.45) is 1.89. The van der Waals surface area contributed by atoms with Gasteiger partial charge in [0.2, 0.25) is 5.91 Å². The number of carbonyl (C=O) groups excluding carboxylic acids is 1. The predicted octanol–water partition coefficient (Wildman–Crippen LogP) is 3.63. The second kappa shape index (κ2) is 10.2. The minimum Gasteiger partial charge on any atom is -0.497 e. The molecule has 0 unspecified atom stereocenters. The Morgan fingerprint density at radius 3 is 2.48 bits per heavy atom. The van der Waals surface area contributed by atoms with Gasteiger partial charge >= 0.3 is 10.1 Å². The third-order valence-electron chi connectivity index (χ3n) is 5.13. The van der Waals surface area contributed by atoms with Crippen LogP contribution in [0.1, 0.15) is 32.3 Å². The first-order valence-electron chi connectivity index (χ1n) is 10.4. The summed E-state index contributed by atoms with van der Waals surface area (Å²) in [5.41, 5.74) is 0.617. The van der Waals surface area contributed by atoms with Gasteiger partial charge in [-0.25, -0.2) is 0 Å². The van der Waals surface area contributed by atoms with E-state index in [0.717, 1.165) is 12.8 Å². The highest BCUT2D eigenvalue weighted by Crippen LogP contribution is 2.26. The molecule has 31 heavy (non-hydrogen) atoms. The summed E-state index contributed by atoms with van der Waals surface area (Å²) in [4.78, 5) is 14.6. The van der Waals surface area contributed by atoms with Crippen LogP contribution in [0, 0.1) is 5.92 Å². The van der Waals surface area contributed by atoms with Gasteiger partial charge in [0.05, 0.1) is 13.2 Å². The Kier molecular flexibility index (Phi) is 7.56. The fraction of sp³-hybridized carbons (Fsp3) is 0.435. The molecule has 0 radical (unpaired) electrons. The van der Waals surface area contributed by atoms with Gasteiger partial charge in [-0.1, -0.05) is 32.0 Å². The topological polar surface area (TPSA) is 82.1 Å². The van der Waals surface area contributed by atoms with E-state index in [1.807, 2.05) is 13.8 Å². The number of methoxy groups -OCH3 is 1. The van der Waals surface area contributed by atoms with Crippen molar-refractivity contribution in [2.24, 2.45) is 5.92 Å². The van der Waals surface area contributed by atoms with Crippen LogP contribution >= 0.6 is 0 Å². The zero-order chi connectivity index (χ0) is 22.4. The second-order valence-electron chi connectivity index (χ2n) is 7.83. The number of benzene rings is 2. The fourth-order valence-corrected chi connectivity index (χ4v) is 4.43. The first kappa shape index (κ1) is 23.1. The Bertz CT molecular complexity index is 981. The summed E-state index contributed by atoms with van der Waals surface area (Å²) in [5, 5.41) is 0. The van der Waals surface area contributed by atoms with Gasteiger partial charge in [-0.3, -0.25) is 4.79 Å². The van der Waals surface area contributed by atoms with Gasteiger partial charge in [0.15, 0.2) is 0 Å². The zero-order valence-electron chi connectivity index (χ0n) is 18.1. The molecule has 2 aromatic carbocycles. The maximum atomic E-state index is 12.8. The number of para-hydroxylation sites is 1. The highest BCUT2D eigenvalue weighted by molar-refractivity contribution is 7.87. The van der Waals surface area contributed by atoms with Crippen LogP contribution in [0.2, 0.25) is 0 Å². The van der Waals surface area contributed by atoms with Gasteiger partial charge < -0.3 is 18.6 Å². The van der Waals surface area contributed by atoms with Crippen LogP contribution in [0.4, 0.5) is 0 Å². The van der Waals surface area contributed by atoms with Crippen LogP contribution in [-0.2, 0) is 26.2 Å². The number of nitrogens with zero attached hydrogens (tertiary/aromatic N) is 1. The van der Waals surface area contributed by atoms with Crippen LogP contribution in [0.25, 0.3) is 0 Å². The lowest BCUT2D eigenvalue weighted by atomic mass is 10.1. The molecule has 1 fully saturated rings. The average Bonchev–Trinajstić information content (AvgIpc) is 3.27. The molecule has 1 aliphatic heterocycles. The van der Waals surface area contributed by atoms with Gasteiger partial charge in [0.25, 0.3) is 0 Å². The molecule has 0 bridgehead atoms. The van der Waals surface area contributed by atoms with Crippen molar-refractivity contribution in [1.82, 2.24) is 4.90 Å². The smallest absolute Gasteiger partial charge is 0.339 e. The van der Waals surface area contributed by atoms with Gasteiger partial charge in [-0.2, -0.15) is 8.42 Å². The number of rotatable bonds is 9. The minimum atomic E-state index is -4.04. The summed E-state index contributed by atoms with van der Waals surface area (Å²) >= 11 is 0. The van der Waals surface area contributed by atoms with E-state index in [9.17, 15) is 13.2 Å². The average molecular weight is 448 g/mol. The van der Waals surface area contributed by atoms with Crippen molar-refractivity contribution in [3.63, 3.8) is 0 Å². The van der Waals surface area contributed by atoms with E-state index in [1.54, 1.807) is 41.3 Å². The van der Waals surface area contributed by atoms with Gasteiger partial charge in [0, 0.05) is 31.2 Å². The third kappa shape index (κ3) is 5.98. The first-order chi connectivity index (χ1) is 14.8. The van der Waals surface area contributed by atoms with Gasteiger partial charge in [-0.15, -0.1) is 0 Å². The van der Waals surface area contributed by atoms with Gasteiger partial charge in [-0.05, 0) is 43.2 Å². The van der Waals surface area contributed by atoms with Crippen molar-refractivity contribution in [2.75, 3.05) is 20.3 Å². The molecular weight excluding hydrogens is 418 g/mol. The lowest BCUT2D eigenvalue weighted by Crippen LogP contribution is -2.39. The van der Waals surface area contributed by atoms with Crippen LogP contribution in [0.3, 0.4) is 0 Å². The monoisotopic (exact) mass is 447 g/mol. The summed E-state index contributed by atoms with van der Waals surface area (Å²) in [7, 11) is -2.53. The molecule has 0 aliphatic carbocycles. The maximum absolute atomic E-state index is 12.8. The van der Waals surface area contributed by atoms with E-state index in [-0.39, 0.29) is 35.1 Å². The molecule has 1 aliphatic rings. The molecule has 8 heteroatoms. The molecule has 0 N–H and O–H groups in total. The van der Waals surface area contributed by atoms with Crippen molar-refractivity contribution in [3.05, 3.63) is 54.1 Å². The quantitative estimate of drug-likeness (QED) is 0.546. The van der Waals surface area contributed by atoms with Crippen molar-refractivity contribution in [2.45, 2.75) is 44.2 Å². The van der Waals surface area contributed by atoms with Crippen molar-refractivity contribution >= 4 is 16.0 Å². The summed E-state index contributed by atoms with van der Waals surface area (Å²) in [5.74, 6) is 0.560. The molecular formula is C23H29NO6S. The van der Waals surface area contributed by atoms with Crippen molar-refractivity contribution < 1.29 is 26.9 Å². The van der Waals surface area contributed by atoms with Gasteiger partial charge in [0.1, 0.15) is 16.4 Å². The molecule has 3 rings (SSSR count). The Labute approximate surface area is 184 Å². The highest BCUT2D eigenvalue weighted by Gasteiger charge is 2.26. The lowest BCUT2D eigenvalue weighted by molar-refractivity contribution is -0.136.